The van der Waals surface area contributed by atoms with Gasteiger partial charge in [-0.15, -0.1) is 90.7 Å². The van der Waals surface area contributed by atoms with Gasteiger partial charge in [-0.1, -0.05) is 259 Å². The predicted octanol–water partition coefficient (Wildman–Crippen LogP) is 31.2. The lowest BCUT2D eigenvalue weighted by atomic mass is 9.87. The van der Waals surface area contributed by atoms with Gasteiger partial charge in [0, 0.05) is 9.55 Å². The van der Waals surface area contributed by atoms with Gasteiger partial charge in [0.15, 0.2) is 0 Å². The van der Waals surface area contributed by atoms with Crippen molar-refractivity contribution in [3.8, 4) is 39.5 Å². The van der Waals surface area contributed by atoms with Gasteiger partial charge in [-0.25, -0.2) is 19.9 Å². The van der Waals surface area contributed by atoms with Gasteiger partial charge in [0.25, 0.3) is 0 Å². The highest BCUT2D eigenvalue weighted by Gasteiger charge is 2.54. The number of nitrogens with zero attached hydrogens (tertiary/aromatic N) is 4. The number of aryl methyl sites for hydroxylation is 4. The van der Waals surface area contributed by atoms with E-state index in [-0.39, 0.29) is 36.6 Å². The van der Waals surface area contributed by atoms with Gasteiger partial charge in [0.2, 0.25) is 0 Å². The molecule has 600 valence electrons. The molecule has 0 radical (unpaired) electrons. The van der Waals surface area contributed by atoms with Crippen molar-refractivity contribution in [1.29, 1.82) is 0 Å². The lowest BCUT2D eigenvalue weighted by molar-refractivity contribution is 0.00578. The highest BCUT2D eigenvalue weighted by Crippen LogP contribution is 2.46. The number of fused-ring (bicyclic) bond motifs is 4. The summed E-state index contributed by atoms with van der Waals surface area (Å²) < 4.78 is 33.5. The molecule has 12 rings (SSSR count). The van der Waals surface area contributed by atoms with Crippen LogP contribution in [0.1, 0.15) is 362 Å². The van der Waals surface area contributed by atoms with E-state index >= 15 is 0 Å². The number of benzene rings is 2. The molecule has 0 saturated carbocycles. The fourth-order valence-electron chi connectivity index (χ4n) is 15.5. The number of unbranched alkanes of at least 4 members (excludes halogenated alkanes) is 36. The Morgan fingerprint density at radius 2 is 0.482 bits per heavy atom. The van der Waals surface area contributed by atoms with Gasteiger partial charge in [-0.3, -0.25) is 0 Å². The van der Waals surface area contributed by atoms with E-state index < -0.39 is 0 Å². The largest absolute Gasteiger partial charge is 0.505 e. The molecule has 0 spiro atoms. The number of rotatable bonds is 50. The van der Waals surface area contributed by atoms with Gasteiger partial charge in [-0.2, -0.15) is 0 Å². The molecule has 8 aromatic heterocycles. The summed E-state index contributed by atoms with van der Waals surface area (Å²) in [5.41, 5.74) is 8.55. The summed E-state index contributed by atoms with van der Waals surface area (Å²) in [6, 6.07) is 18.5. The Balaban J connectivity index is 0.000000230. The number of hydrogen-bond donors (Lipinski definition) is 0. The molecule has 10 heterocycles. The Morgan fingerprint density at radius 3 is 0.727 bits per heavy atom. The molecule has 0 atom stereocenters. The lowest BCUT2D eigenvalue weighted by Gasteiger charge is -2.32. The fraction of sp³-hybridized carbons (Fsp3) is 0.652. The van der Waals surface area contributed by atoms with Gasteiger partial charge >= 0.3 is 14.2 Å². The molecule has 110 heavy (non-hydrogen) atoms. The van der Waals surface area contributed by atoms with E-state index in [1.54, 1.807) is 22.7 Å². The Hall–Kier alpha value is -3.23. The van der Waals surface area contributed by atoms with E-state index in [1.807, 2.05) is 68.0 Å². The van der Waals surface area contributed by atoms with Crippen LogP contribution in [-0.2, 0) is 44.3 Å². The van der Waals surface area contributed by atoms with Crippen LogP contribution in [0.5, 0.6) is 0 Å². The molecule has 18 heteroatoms. The first-order chi connectivity index (χ1) is 53.4. The highest BCUT2D eigenvalue weighted by atomic mass is 32.1. The van der Waals surface area contributed by atoms with Crippen LogP contribution in [0.3, 0.4) is 0 Å². The third-order valence-electron chi connectivity index (χ3n) is 23.9. The maximum atomic E-state index is 6.57. The molecular formula is C92H134B2N4O4S8. The zero-order valence-corrected chi connectivity index (χ0v) is 76.3. The molecule has 8 nitrogen and oxygen atoms in total. The molecular weight excluding hydrogens is 1500 g/mol. The Morgan fingerprint density at radius 1 is 0.264 bits per heavy atom. The van der Waals surface area contributed by atoms with Crippen LogP contribution in [0.15, 0.2) is 59.3 Å². The van der Waals surface area contributed by atoms with E-state index in [9.17, 15) is 0 Å². The number of hydrogen-bond acceptors (Lipinski definition) is 16. The molecule has 2 aliphatic heterocycles. The first kappa shape index (κ1) is 87.6. The number of thiophene rings is 4. The third kappa shape index (κ3) is 24.5. The summed E-state index contributed by atoms with van der Waals surface area (Å²) in [6.07, 6.45) is 58.9. The summed E-state index contributed by atoms with van der Waals surface area (Å²) in [4.78, 5) is 26.3. The zero-order chi connectivity index (χ0) is 77.4. The monoisotopic (exact) mass is 1640 g/mol. The quantitative estimate of drug-likeness (QED) is 0.0275. The number of thiazole rings is 4. The van der Waals surface area contributed by atoms with E-state index in [0.717, 1.165) is 54.5 Å². The Labute approximate surface area is 697 Å². The molecule has 0 amide bonds. The second-order valence-electron chi connectivity index (χ2n) is 34.1. The minimum absolute atomic E-state index is 0.366. The topological polar surface area (TPSA) is 88.5 Å². The first-order valence-corrected chi connectivity index (χ1v) is 50.6. The van der Waals surface area contributed by atoms with Crippen LogP contribution in [0, 0.1) is 0 Å². The van der Waals surface area contributed by atoms with Crippen LogP contribution in [0.4, 0.5) is 0 Å². The SMILES string of the molecule is CCCCCCCCCCCCc1cc(B2OC(C)(C)C(C)(C)O2)sc1-c1nc2cc3sc(-c4sc(B5OC(C)(C)C(C)(C)O5)cc4CCCCCCCCCCCC)nc3cc2s1.CCCCCCCCCCCCc1ccsc1-c1nc2cc3sc(-c4sccc4CCCCCCCCCCCC)nc3cc2s1. The summed E-state index contributed by atoms with van der Waals surface area (Å²) >= 11 is 14.6. The smallest absolute Gasteiger partial charge is 0.399 e. The molecule has 0 bridgehead atoms. The summed E-state index contributed by atoms with van der Waals surface area (Å²) in [6.45, 7) is 26.3. The Kier molecular flexibility index (Phi) is 34.9. The molecule has 0 unspecified atom stereocenters. The second kappa shape index (κ2) is 43.8. The third-order valence-corrected chi connectivity index (χ3v) is 32.9. The maximum absolute atomic E-state index is 6.57. The van der Waals surface area contributed by atoms with Crippen molar-refractivity contribution in [2.75, 3.05) is 0 Å². The molecule has 2 fully saturated rings. The van der Waals surface area contributed by atoms with Crippen LogP contribution in [-0.4, -0.2) is 56.6 Å². The van der Waals surface area contributed by atoms with Crippen LogP contribution in [0.25, 0.3) is 80.4 Å². The average Bonchev–Trinajstić information content (AvgIpc) is 1.61. The molecule has 0 aliphatic carbocycles. The van der Waals surface area contributed by atoms with E-state index in [1.165, 1.54) is 340 Å². The minimum atomic E-state index is -0.379. The second-order valence-corrected chi connectivity index (χ2v) is 42.2. The summed E-state index contributed by atoms with van der Waals surface area (Å²) in [7, 11) is -0.731. The van der Waals surface area contributed by atoms with Crippen molar-refractivity contribution in [2.24, 2.45) is 0 Å². The van der Waals surface area contributed by atoms with Crippen molar-refractivity contribution in [3.63, 3.8) is 0 Å². The van der Waals surface area contributed by atoms with E-state index in [0.29, 0.717) is 0 Å². The first-order valence-electron chi connectivity index (χ1n) is 43.9. The Bertz CT molecular complexity index is 3950. The van der Waals surface area contributed by atoms with Crippen molar-refractivity contribution >= 4 is 155 Å². The van der Waals surface area contributed by atoms with Crippen molar-refractivity contribution in [1.82, 2.24) is 19.9 Å². The van der Waals surface area contributed by atoms with Gasteiger partial charge < -0.3 is 18.6 Å². The molecule has 2 aromatic carbocycles. The van der Waals surface area contributed by atoms with Crippen molar-refractivity contribution < 1.29 is 18.6 Å². The lowest BCUT2D eigenvalue weighted by Crippen LogP contribution is -2.41. The van der Waals surface area contributed by atoms with Crippen LogP contribution < -0.4 is 9.55 Å². The fourth-order valence-corrected chi connectivity index (χ4v) is 24.2. The predicted molar refractivity (Wildman–Crippen MR) is 492 cm³/mol. The van der Waals surface area contributed by atoms with Gasteiger partial charge in [0.05, 0.1) is 82.8 Å². The average molecular weight is 1640 g/mol. The van der Waals surface area contributed by atoms with Crippen molar-refractivity contribution in [3.05, 3.63) is 81.5 Å². The number of aromatic nitrogens is 4. The summed E-state index contributed by atoms with van der Waals surface area (Å²) in [5.74, 6) is 0. The molecule has 2 saturated heterocycles. The van der Waals surface area contributed by atoms with Gasteiger partial charge in [-0.05, 0) is 188 Å². The van der Waals surface area contributed by atoms with E-state index in [2.05, 4.69) is 142 Å². The standard InChI is InChI=1S/C52H78B2N2O4S4.C40H56N2S4/c1-11-13-15-17-19-21-23-25-27-29-31-37-33-43(53-57-49(3,4)50(5,6)58-53)63-45(37)47-55-39-35-42-40(36-41(39)61-47)56-48(62-42)46-38(32-30-28-26-24-22-20-18-16-14-12-2)34-44(64-46)54-59-51(7,8)52(9,10)60-54;1-3-5-7-9-11-13-15-17-19-21-23-31-25-27-43-37(31)39-41-33-29-36-34(30-35(33)45-39)42-40(46-36)38-32(26-28-44-38)24-22-20-18-16-14-12-10-8-6-4-2/h33-36H,11-32H2,1-10H3;25-30H,3-24H2,1-2H3. The minimum Gasteiger partial charge on any atom is -0.399 e. The van der Waals surface area contributed by atoms with Crippen LogP contribution >= 0.6 is 90.7 Å². The highest BCUT2D eigenvalue weighted by molar-refractivity contribution is 7.31. The van der Waals surface area contributed by atoms with Crippen LogP contribution in [0.2, 0.25) is 0 Å². The summed E-state index contributed by atoms with van der Waals surface area (Å²) in [5, 5.41) is 9.06. The van der Waals surface area contributed by atoms with Crippen molar-refractivity contribution in [2.45, 2.75) is 388 Å². The molecule has 2 aliphatic rings. The zero-order valence-electron chi connectivity index (χ0n) is 69.7. The normalized spacial score (nSPS) is 15.3. The van der Waals surface area contributed by atoms with Gasteiger partial charge in [0.1, 0.15) is 20.0 Å². The maximum Gasteiger partial charge on any atom is 0.505 e. The molecule has 10 aromatic rings. The molecule has 0 N–H and O–H groups in total. The van der Waals surface area contributed by atoms with E-state index in [4.69, 9.17) is 38.6 Å².